The van der Waals surface area contributed by atoms with Gasteiger partial charge in [0, 0.05) is 17.1 Å². The normalized spacial score (nSPS) is 33.5. The van der Waals surface area contributed by atoms with Crippen LogP contribution in [0.15, 0.2) is 24.3 Å². The molecule has 3 rings (SSSR count). The zero-order valence-corrected chi connectivity index (χ0v) is 13.4. The number of halogens is 1. The van der Waals surface area contributed by atoms with Crippen molar-refractivity contribution in [1.82, 2.24) is 4.90 Å². The molecule has 0 saturated carbocycles. The van der Waals surface area contributed by atoms with Crippen LogP contribution in [0.4, 0.5) is 0 Å². The number of benzene rings is 1. The smallest absolute Gasteiger partial charge is 0.0406 e. The van der Waals surface area contributed by atoms with E-state index in [9.17, 15) is 0 Å². The predicted octanol–water partition coefficient (Wildman–Crippen LogP) is 5.10. The Bertz CT molecular complexity index is 441. The standard InChI is InChI=1S/C18H26ClN/c1-3-4-5-16-17(13-6-8-14(19)9-7-13)12-15-10-11-18(16)20(15)2/h6-9,15-18H,3-5,10-12H2,1-2H3/t15-,16-,17+,18+/m0/s1. The minimum atomic E-state index is 0.743. The monoisotopic (exact) mass is 291 g/mol. The van der Waals surface area contributed by atoms with Crippen molar-refractivity contribution in [3.8, 4) is 0 Å². The molecule has 0 radical (unpaired) electrons. The maximum atomic E-state index is 6.06. The number of piperidine rings is 1. The van der Waals surface area contributed by atoms with Gasteiger partial charge in [0.05, 0.1) is 0 Å². The molecule has 0 amide bonds. The molecule has 2 bridgehead atoms. The van der Waals surface area contributed by atoms with Gasteiger partial charge in [0.25, 0.3) is 0 Å². The second-order valence-corrected chi connectivity index (χ2v) is 7.10. The van der Waals surface area contributed by atoms with E-state index in [0.29, 0.717) is 0 Å². The van der Waals surface area contributed by atoms with Gasteiger partial charge in [-0.15, -0.1) is 0 Å². The maximum absolute atomic E-state index is 6.06. The lowest BCUT2D eigenvalue weighted by Crippen LogP contribution is -2.45. The van der Waals surface area contributed by atoms with Crippen molar-refractivity contribution in [1.29, 1.82) is 0 Å². The van der Waals surface area contributed by atoms with E-state index in [-0.39, 0.29) is 0 Å². The Hall–Kier alpha value is -0.530. The highest BCUT2D eigenvalue weighted by atomic mass is 35.5. The molecule has 0 spiro atoms. The lowest BCUT2D eigenvalue weighted by atomic mass is 9.74. The summed E-state index contributed by atoms with van der Waals surface area (Å²) in [7, 11) is 2.35. The van der Waals surface area contributed by atoms with Crippen molar-refractivity contribution in [3.05, 3.63) is 34.9 Å². The molecule has 0 aliphatic carbocycles. The molecular formula is C18H26ClN. The molecule has 2 fully saturated rings. The number of hydrogen-bond acceptors (Lipinski definition) is 1. The average Bonchev–Trinajstić information content (AvgIpc) is 2.71. The van der Waals surface area contributed by atoms with E-state index < -0.39 is 0 Å². The zero-order chi connectivity index (χ0) is 14.1. The molecule has 2 heterocycles. The van der Waals surface area contributed by atoms with Gasteiger partial charge in [-0.25, -0.2) is 0 Å². The number of nitrogens with zero attached hydrogens (tertiary/aromatic N) is 1. The van der Waals surface area contributed by atoms with E-state index in [1.54, 1.807) is 0 Å². The van der Waals surface area contributed by atoms with E-state index in [1.807, 2.05) is 0 Å². The molecule has 110 valence electrons. The molecule has 20 heavy (non-hydrogen) atoms. The van der Waals surface area contributed by atoms with Gasteiger partial charge in [0.15, 0.2) is 0 Å². The molecule has 0 N–H and O–H groups in total. The Kier molecular flexibility index (Phi) is 4.37. The molecule has 1 aromatic rings. The summed E-state index contributed by atoms with van der Waals surface area (Å²) < 4.78 is 0. The van der Waals surface area contributed by atoms with Crippen molar-refractivity contribution >= 4 is 11.6 Å². The van der Waals surface area contributed by atoms with Gasteiger partial charge in [0.1, 0.15) is 0 Å². The molecule has 2 saturated heterocycles. The Balaban J connectivity index is 1.85. The van der Waals surface area contributed by atoms with Crippen LogP contribution in [0.1, 0.15) is 56.9 Å². The summed E-state index contributed by atoms with van der Waals surface area (Å²) in [4.78, 5) is 2.67. The van der Waals surface area contributed by atoms with Crippen LogP contribution in [0.2, 0.25) is 5.02 Å². The third-order valence-electron chi connectivity index (χ3n) is 5.62. The first-order chi connectivity index (χ1) is 9.70. The van der Waals surface area contributed by atoms with Crippen molar-refractivity contribution < 1.29 is 0 Å². The Morgan fingerprint density at radius 2 is 1.95 bits per heavy atom. The summed E-state index contributed by atoms with van der Waals surface area (Å²) >= 11 is 6.06. The van der Waals surface area contributed by atoms with Gasteiger partial charge in [0.2, 0.25) is 0 Å². The van der Waals surface area contributed by atoms with Crippen LogP contribution < -0.4 is 0 Å². The lowest BCUT2D eigenvalue weighted by Gasteiger charge is -2.43. The minimum absolute atomic E-state index is 0.743. The van der Waals surface area contributed by atoms with E-state index in [1.165, 1.54) is 44.1 Å². The topological polar surface area (TPSA) is 3.24 Å². The molecule has 1 aromatic carbocycles. The number of rotatable bonds is 4. The zero-order valence-electron chi connectivity index (χ0n) is 12.7. The summed E-state index contributed by atoms with van der Waals surface area (Å²) in [6.45, 7) is 2.31. The Labute approximate surface area is 128 Å². The first kappa shape index (κ1) is 14.4. The second-order valence-electron chi connectivity index (χ2n) is 6.66. The van der Waals surface area contributed by atoms with Crippen molar-refractivity contribution in [2.45, 2.75) is 63.5 Å². The number of unbranched alkanes of at least 4 members (excludes halogenated alkanes) is 1. The quantitative estimate of drug-likeness (QED) is 0.746. The van der Waals surface area contributed by atoms with E-state index in [4.69, 9.17) is 11.6 Å². The fourth-order valence-corrected chi connectivity index (χ4v) is 4.63. The third kappa shape index (κ3) is 2.63. The van der Waals surface area contributed by atoms with Crippen LogP contribution in [0.3, 0.4) is 0 Å². The fourth-order valence-electron chi connectivity index (χ4n) is 4.50. The molecule has 4 atom stereocenters. The minimum Gasteiger partial charge on any atom is -0.300 e. The van der Waals surface area contributed by atoms with Gasteiger partial charge in [-0.2, -0.15) is 0 Å². The molecule has 2 aliphatic heterocycles. The van der Waals surface area contributed by atoms with Crippen LogP contribution >= 0.6 is 11.6 Å². The molecule has 0 unspecified atom stereocenters. The molecular weight excluding hydrogens is 266 g/mol. The van der Waals surface area contributed by atoms with Crippen LogP contribution in [-0.2, 0) is 0 Å². The summed E-state index contributed by atoms with van der Waals surface area (Å²) in [6, 6.07) is 10.3. The van der Waals surface area contributed by atoms with Crippen LogP contribution in [0.5, 0.6) is 0 Å². The summed E-state index contributed by atoms with van der Waals surface area (Å²) in [6.07, 6.45) is 8.19. The summed E-state index contributed by atoms with van der Waals surface area (Å²) in [5.41, 5.74) is 1.51. The Morgan fingerprint density at radius 1 is 1.20 bits per heavy atom. The first-order valence-corrected chi connectivity index (χ1v) is 8.56. The van der Waals surface area contributed by atoms with Crippen LogP contribution in [-0.4, -0.2) is 24.0 Å². The van der Waals surface area contributed by atoms with Crippen LogP contribution in [0.25, 0.3) is 0 Å². The second kappa shape index (κ2) is 6.07. The number of fused-ring (bicyclic) bond motifs is 2. The van der Waals surface area contributed by atoms with E-state index in [0.717, 1.165) is 28.9 Å². The first-order valence-electron chi connectivity index (χ1n) is 8.18. The SMILES string of the molecule is CCCC[C@H]1[C@@H](c2ccc(Cl)cc2)C[C@@H]2CC[C@H]1N2C. The van der Waals surface area contributed by atoms with Crippen molar-refractivity contribution in [2.24, 2.45) is 5.92 Å². The molecule has 1 nitrogen and oxygen atoms in total. The van der Waals surface area contributed by atoms with E-state index in [2.05, 4.69) is 43.1 Å². The van der Waals surface area contributed by atoms with Crippen LogP contribution in [0, 0.1) is 5.92 Å². The number of hydrogen-bond donors (Lipinski definition) is 0. The van der Waals surface area contributed by atoms with Gasteiger partial charge < -0.3 is 4.90 Å². The maximum Gasteiger partial charge on any atom is 0.0406 e. The third-order valence-corrected chi connectivity index (χ3v) is 5.87. The molecule has 2 heteroatoms. The highest BCUT2D eigenvalue weighted by molar-refractivity contribution is 6.30. The highest BCUT2D eigenvalue weighted by Gasteiger charge is 2.45. The highest BCUT2D eigenvalue weighted by Crippen LogP contribution is 2.48. The summed E-state index contributed by atoms with van der Waals surface area (Å²) in [5.74, 6) is 1.58. The molecule has 0 aromatic heterocycles. The Morgan fingerprint density at radius 3 is 2.65 bits per heavy atom. The molecule has 2 aliphatic rings. The van der Waals surface area contributed by atoms with Gasteiger partial charge in [-0.1, -0.05) is 43.5 Å². The largest absolute Gasteiger partial charge is 0.300 e. The van der Waals surface area contributed by atoms with Crippen molar-refractivity contribution in [2.75, 3.05) is 7.05 Å². The van der Waals surface area contributed by atoms with Gasteiger partial charge in [-0.05, 0) is 62.3 Å². The fraction of sp³-hybridized carbons (Fsp3) is 0.667. The lowest BCUT2D eigenvalue weighted by molar-refractivity contribution is 0.0931. The van der Waals surface area contributed by atoms with E-state index >= 15 is 0 Å². The average molecular weight is 292 g/mol. The van der Waals surface area contributed by atoms with Gasteiger partial charge in [-0.3, -0.25) is 0 Å². The summed E-state index contributed by atoms with van der Waals surface area (Å²) in [5, 5.41) is 0.856. The predicted molar refractivity (Wildman–Crippen MR) is 86.4 cm³/mol. The van der Waals surface area contributed by atoms with Gasteiger partial charge >= 0.3 is 0 Å². The van der Waals surface area contributed by atoms with Crippen molar-refractivity contribution in [3.63, 3.8) is 0 Å².